The molecule has 0 bridgehead atoms. The van der Waals surface area contributed by atoms with Crippen LogP contribution in [0.2, 0.25) is 0 Å². The molecule has 3 heterocycles. The Morgan fingerprint density at radius 1 is 1.14 bits per heavy atom. The molecular weight excluding hydrogens is 584 g/mol. The zero-order valence-corrected chi connectivity index (χ0v) is 24.3. The van der Waals surface area contributed by atoms with E-state index in [0.717, 1.165) is 5.56 Å². The van der Waals surface area contributed by atoms with Crippen LogP contribution < -0.4 is 16.0 Å². The fourth-order valence-electron chi connectivity index (χ4n) is 4.11. The summed E-state index contributed by atoms with van der Waals surface area (Å²) in [6, 6.07) is 11.7. The number of benzene rings is 2. The number of aromatic nitrogens is 4. The number of ether oxygens (including phenoxy) is 4. The Hall–Kier alpha value is -4.49. The molecule has 0 aliphatic carbocycles. The lowest BCUT2D eigenvalue weighted by atomic mass is 10.1. The Morgan fingerprint density at radius 2 is 1.91 bits per heavy atom. The van der Waals surface area contributed by atoms with Gasteiger partial charge >= 0.3 is 7.60 Å². The molecule has 1 aliphatic heterocycles. The first-order valence-corrected chi connectivity index (χ1v) is 14.7. The number of H-pyrrole nitrogens is 1. The SMILES string of the molecule is C=C1OC(COP(=O)(COCCn2cnc3c(=O)[nH]c(N)nc32)OCc2ccc(OC)c(F)c2)=C(c2ccc(C)cc2)O1. The number of hydrogen-bond donors (Lipinski definition) is 2. The molecule has 2 aromatic heterocycles. The van der Waals surface area contributed by atoms with Crippen molar-refractivity contribution in [3.63, 3.8) is 0 Å². The predicted molar refractivity (Wildman–Crippen MR) is 154 cm³/mol. The average molecular weight is 614 g/mol. The van der Waals surface area contributed by atoms with Crippen molar-refractivity contribution >= 4 is 30.5 Å². The highest BCUT2D eigenvalue weighted by Crippen LogP contribution is 2.50. The van der Waals surface area contributed by atoms with Gasteiger partial charge in [-0.05, 0) is 31.2 Å². The fraction of sp³-hybridized carbons (Fsp3) is 0.250. The van der Waals surface area contributed by atoms with Crippen LogP contribution in [0.4, 0.5) is 10.3 Å². The summed E-state index contributed by atoms with van der Waals surface area (Å²) in [5.41, 5.74) is 7.74. The number of anilines is 1. The van der Waals surface area contributed by atoms with Crippen LogP contribution in [0.15, 0.2) is 71.9 Å². The molecule has 13 nitrogen and oxygen atoms in total. The molecule has 15 heteroatoms. The number of aryl methyl sites for hydroxylation is 1. The third kappa shape index (κ3) is 7.12. The number of nitrogen functional groups attached to an aromatic ring is 1. The van der Waals surface area contributed by atoms with Gasteiger partial charge in [0.25, 0.3) is 11.5 Å². The van der Waals surface area contributed by atoms with Gasteiger partial charge in [-0.1, -0.05) is 35.9 Å². The fourth-order valence-corrected chi connectivity index (χ4v) is 5.35. The zero-order chi connectivity index (χ0) is 30.6. The highest BCUT2D eigenvalue weighted by atomic mass is 31.2. The summed E-state index contributed by atoms with van der Waals surface area (Å²) in [7, 11) is -2.62. The van der Waals surface area contributed by atoms with E-state index in [1.54, 1.807) is 10.6 Å². The smallest absolute Gasteiger partial charge is 0.356 e. The van der Waals surface area contributed by atoms with E-state index in [0.29, 0.717) is 16.9 Å². The van der Waals surface area contributed by atoms with Gasteiger partial charge in [0.15, 0.2) is 34.2 Å². The number of imidazole rings is 1. The molecule has 0 amide bonds. The van der Waals surface area contributed by atoms with Crippen molar-refractivity contribution in [1.29, 1.82) is 0 Å². The highest BCUT2D eigenvalue weighted by Gasteiger charge is 2.30. The number of nitrogens with one attached hydrogen (secondary N) is 1. The number of nitrogens with zero attached hydrogens (tertiary/aromatic N) is 3. The minimum absolute atomic E-state index is 0.0292. The molecule has 2 aromatic carbocycles. The summed E-state index contributed by atoms with van der Waals surface area (Å²) in [6.45, 7) is 5.36. The number of aromatic amines is 1. The van der Waals surface area contributed by atoms with Gasteiger partial charge in [-0.15, -0.1) is 0 Å². The summed E-state index contributed by atoms with van der Waals surface area (Å²) >= 11 is 0. The second-order valence-electron chi connectivity index (χ2n) is 9.42. The molecule has 1 unspecified atom stereocenters. The lowest BCUT2D eigenvalue weighted by Gasteiger charge is -2.19. The zero-order valence-electron chi connectivity index (χ0n) is 23.4. The Labute approximate surface area is 245 Å². The van der Waals surface area contributed by atoms with Gasteiger partial charge < -0.3 is 33.8 Å². The molecule has 0 saturated heterocycles. The standard InChI is InChI=1S/C28H29FN5O8P/c1-17-4-7-20(8-5-17)25-23(41-18(2)42-25)14-40-43(36,39-13-19-6-9-22(37-3)21(29)12-19)16-38-11-10-34-15-31-24-26(34)32-28(30)33-27(24)35/h4-9,12,15H,2,10-11,13-14,16H2,1,3H3,(H3,30,32,33,35). The van der Waals surface area contributed by atoms with E-state index >= 15 is 0 Å². The molecule has 226 valence electrons. The Balaban J connectivity index is 1.30. The molecule has 0 fully saturated rings. The molecule has 3 N–H and O–H groups in total. The molecule has 0 spiro atoms. The van der Waals surface area contributed by atoms with Crippen LogP contribution in [0, 0.1) is 12.7 Å². The van der Waals surface area contributed by atoms with Crippen molar-refractivity contribution in [2.75, 3.05) is 32.4 Å². The predicted octanol–water partition coefficient (Wildman–Crippen LogP) is 4.45. The number of rotatable bonds is 13. The molecule has 0 saturated carbocycles. The van der Waals surface area contributed by atoms with Gasteiger partial charge in [-0.25, -0.2) is 9.37 Å². The molecule has 1 atom stereocenters. The van der Waals surface area contributed by atoms with Gasteiger partial charge in [0.05, 0.1) is 26.7 Å². The largest absolute Gasteiger partial charge is 0.494 e. The third-order valence-electron chi connectivity index (χ3n) is 6.28. The van der Waals surface area contributed by atoms with E-state index < -0.39 is 25.3 Å². The molecule has 5 rings (SSSR count). The maximum absolute atomic E-state index is 14.2. The van der Waals surface area contributed by atoms with Crippen molar-refractivity contribution in [3.05, 3.63) is 99.9 Å². The molecule has 1 aliphatic rings. The van der Waals surface area contributed by atoms with Crippen LogP contribution in [0.3, 0.4) is 0 Å². The highest BCUT2D eigenvalue weighted by molar-refractivity contribution is 7.53. The van der Waals surface area contributed by atoms with Crippen molar-refractivity contribution in [2.45, 2.75) is 20.1 Å². The Kier molecular flexibility index (Phi) is 8.92. The second kappa shape index (κ2) is 12.8. The second-order valence-corrected chi connectivity index (χ2v) is 11.4. The van der Waals surface area contributed by atoms with E-state index in [2.05, 4.69) is 21.5 Å². The van der Waals surface area contributed by atoms with Crippen LogP contribution in [-0.4, -0.2) is 46.2 Å². The maximum Gasteiger partial charge on any atom is 0.356 e. The quantitative estimate of drug-likeness (QED) is 0.162. The maximum atomic E-state index is 14.2. The molecule has 43 heavy (non-hydrogen) atoms. The van der Waals surface area contributed by atoms with Crippen molar-refractivity contribution < 1.29 is 37.0 Å². The average Bonchev–Trinajstić information content (AvgIpc) is 3.57. The lowest BCUT2D eigenvalue weighted by molar-refractivity contribution is 0.114. The van der Waals surface area contributed by atoms with Gasteiger partial charge in [0.1, 0.15) is 13.0 Å². The number of fused-ring (bicyclic) bond motifs is 1. The Morgan fingerprint density at radius 3 is 2.65 bits per heavy atom. The Bertz CT molecular complexity index is 1790. The molecule has 4 aromatic rings. The minimum Gasteiger partial charge on any atom is -0.494 e. The van der Waals surface area contributed by atoms with E-state index in [1.807, 2.05) is 31.2 Å². The number of nitrogens with two attached hydrogens (primary N) is 1. The van der Waals surface area contributed by atoms with Crippen LogP contribution in [0.1, 0.15) is 16.7 Å². The number of halogens is 1. The first-order valence-electron chi connectivity index (χ1n) is 13.0. The van der Waals surface area contributed by atoms with Crippen molar-refractivity contribution in [1.82, 2.24) is 19.5 Å². The molecular formula is C28H29FN5O8P. The summed E-state index contributed by atoms with van der Waals surface area (Å²) in [5.74, 6) is 0.0533. The van der Waals surface area contributed by atoms with Crippen LogP contribution in [0.5, 0.6) is 5.75 Å². The van der Waals surface area contributed by atoms with Gasteiger partial charge in [0.2, 0.25) is 5.95 Å². The number of methoxy groups -OCH3 is 1. The monoisotopic (exact) mass is 613 g/mol. The first-order chi connectivity index (χ1) is 20.6. The number of hydrogen-bond acceptors (Lipinski definition) is 11. The summed E-state index contributed by atoms with van der Waals surface area (Å²) < 4.78 is 63.0. The first kappa shape index (κ1) is 30.0. The van der Waals surface area contributed by atoms with Gasteiger partial charge in [0, 0.05) is 12.1 Å². The normalized spacial score (nSPS) is 14.5. The van der Waals surface area contributed by atoms with Crippen LogP contribution in [0.25, 0.3) is 16.9 Å². The van der Waals surface area contributed by atoms with Crippen molar-refractivity contribution in [2.24, 2.45) is 0 Å². The summed E-state index contributed by atoms with van der Waals surface area (Å²) in [6.07, 6.45) is 0.966. The third-order valence-corrected chi connectivity index (χ3v) is 7.82. The van der Waals surface area contributed by atoms with Gasteiger partial charge in [-0.2, -0.15) is 4.98 Å². The summed E-state index contributed by atoms with van der Waals surface area (Å²) in [4.78, 5) is 22.6. The van der Waals surface area contributed by atoms with E-state index in [1.165, 1.54) is 25.6 Å². The summed E-state index contributed by atoms with van der Waals surface area (Å²) in [5, 5.41) is 0. The minimum atomic E-state index is -3.98. The van der Waals surface area contributed by atoms with E-state index in [4.69, 9.17) is 33.7 Å². The molecule has 0 radical (unpaired) electrons. The van der Waals surface area contributed by atoms with Gasteiger partial charge in [-0.3, -0.25) is 18.9 Å². The van der Waals surface area contributed by atoms with Crippen LogP contribution in [-0.2, 0) is 41.0 Å². The van der Waals surface area contributed by atoms with E-state index in [9.17, 15) is 13.8 Å². The van der Waals surface area contributed by atoms with E-state index in [-0.39, 0.29) is 60.9 Å². The van der Waals surface area contributed by atoms with Crippen LogP contribution >= 0.6 is 7.60 Å². The van der Waals surface area contributed by atoms with Crippen molar-refractivity contribution in [3.8, 4) is 5.75 Å². The topological polar surface area (TPSA) is 162 Å². The lowest BCUT2D eigenvalue weighted by Crippen LogP contribution is -2.13.